The SMILES string of the molecule is CC(=N)N1CCC(Oc2ccc(NC(=N)c3ccc4ccc(CNC(=O)C(=O)O)cc4c3)cc2)C1.Cl.Cl. The molecule has 0 saturated carbocycles. The van der Waals surface area contributed by atoms with Gasteiger partial charge in [-0.3, -0.25) is 15.6 Å². The number of amidine groups is 2. The number of hydrogen-bond donors (Lipinski definition) is 5. The molecule has 9 nitrogen and oxygen atoms in total. The van der Waals surface area contributed by atoms with Gasteiger partial charge in [-0.1, -0.05) is 24.3 Å². The van der Waals surface area contributed by atoms with Crippen LogP contribution in [0.4, 0.5) is 5.69 Å². The largest absolute Gasteiger partial charge is 0.489 e. The molecule has 1 heterocycles. The Balaban J connectivity index is 0.00000241. The molecule has 0 aliphatic carbocycles. The molecule has 196 valence electrons. The predicted molar refractivity (Wildman–Crippen MR) is 149 cm³/mol. The smallest absolute Gasteiger partial charge is 0.394 e. The van der Waals surface area contributed by atoms with Crippen molar-refractivity contribution in [2.75, 3.05) is 18.4 Å². The van der Waals surface area contributed by atoms with Gasteiger partial charge >= 0.3 is 11.9 Å². The number of nitrogens with zero attached hydrogens (tertiary/aromatic N) is 1. The molecule has 3 aromatic carbocycles. The van der Waals surface area contributed by atoms with Crippen molar-refractivity contribution in [3.8, 4) is 5.75 Å². The van der Waals surface area contributed by atoms with Crippen LogP contribution in [0, 0.1) is 10.8 Å². The van der Waals surface area contributed by atoms with Crippen LogP contribution in [0.25, 0.3) is 10.8 Å². The summed E-state index contributed by atoms with van der Waals surface area (Å²) in [5, 5.41) is 32.2. The fourth-order valence-corrected chi connectivity index (χ4v) is 3.97. The summed E-state index contributed by atoms with van der Waals surface area (Å²) < 4.78 is 6.03. The molecular formula is C26H29Cl2N5O4. The lowest BCUT2D eigenvalue weighted by molar-refractivity contribution is -0.150. The number of rotatable bonds is 6. The highest BCUT2D eigenvalue weighted by atomic mass is 35.5. The lowest BCUT2D eigenvalue weighted by Crippen LogP contribution is -2.30. The van der Waals surface area contributed by atoms with E-state index in [0.29, 0.717) is 11.4 Å². The maximum Gasteiger partial charge on any atom is 0.394 e. The second-order valence-electron chi connectivity index (χ2n) is 8.47. The quantitative estimate of drug-likeness (QED) is 0.178. The van der Waals surface area contributed by atoms with E-state index < -0.39 is 11.9 Å². The summed E-state index contributed by atoms with van der Waals surface area (Å²) in [7, 11) is 0. The molecule has 0 bridgehead atoms. The number of ether oxygens (including phenoxy) is 1. The molecule has 1 aliphatic rings. The van der Waals surface area contributed by atoms with Gasteiger partial charge < -0.3 is 25.4 Å². The highest BCUT2D eigenvalue weighted by Gasteiger charge is 2.24. The van der Waals surface area contributed by atoms with Gasteiger partial charge in [0.15, 0.2) is 0 Å². The van der Waals surface area contributed by atoms with E-state index in [4.69, 9.17) is 20.7 Å². The van der Waals surface area contributed by atoms with Gasteiger partial charge in [0.25, 0.3) is 0 Å². The number of hydrogen-bond acceptors (Lipinski definition) is 5. The number of carbonyl (C=O) groups is 2. The molecule has 1 aliphatic heterocycles. The lowest BCUT2D eigenvalue weighted by atomic mass is 10.0. The Kier molecular flexibility index (Phi) is 10.3. The van der Waals surface area contributed by atoms with Crippen LogP contribution in [0.15, 0.2) is 60.7 Å². The van der Waals surface area contributed by atoms with Gasteiger partial charge in [0.05, 0.1) is 12.4 Å². The third-order valence-corrected chi connectivity index (χ3v) is 5.89. The van der Waals surface area contributed by atoms with E-state index in [-0.39, 0.29) is 43.3 Å². The first-order chi connectivity index (χ1) is 16.8. The minimum atomic E-state index is -1.52. The molecule has 1 fully saturated rings. The van der Waals surface area contributed by atoms with Gasteiger partial charge in [-0.2, -0.15) is 0 Å². The molecule has 5 N–H and O–H groups in total. The van der Waals surface area contributed by atoms with Crippen LogP contribution < -0.4 is 15.4 Å². The van der Waals surface area contributed by atoms with Crippen LogP contribution in [-0.4, -0.2) is 52.7 Å². The van der Waals surface area contributed by atoms with Crippen molar-refractivity contribution in [1.82, 2.24) is 10.2 Å². The molecule has 0 radical (unpaired) electrons. The summed E-state index contributed by atoms with van der Waals surface area (Å²) in [6.07, 6.45) is 0.948. The molecular weight excluding hydrogens is 517 g/mol. The summed E-state index contributed by atoms with van der Waals surface area (Å²) in [5.41, 5.74) is 2.22. The maximum atomic E-state index is 11.3. The average Bonchev–Trinajstić information content (AvgIpc) is 3.32. The van der Waals surface area contributed by atoms with Crippen molar-refractivity contribution >= 4 is 64.8 Å². The molecule has 1 amide bonds. The Hall–Kier alpha value is -3.82. The van der Waals surface area contributed by atoms with E-state index in [1.165, 1.54) is 0 Å². The zero-order chi connectivity index (χ0) is 24.9. The third-order valence-electron chi connectivity index (χ3n) is 5.89. The van der Waals surface area contributed by atoms with Gasteiger partial charge in [0, 0.05) is 30.8 Å². The van der Waals surface area contributed by atoms with Crippen molar-refractivity contribution in [2.45, 2.75) is 26.0 Å². The molecule has 1 atom stereocenters. The Morgan fingerprint density at radius 3 is 2.38 bits per heavy atom. The molecule has 4 rings (SSSR count). The Labute approximate surface area is 227 Å². The molecule has 1 saturated heterocycles. The highest BCUT2D eigenvalue weighted by molar-refractivity contribution is 6.31. The number of anilines is 1. The number of benzene rings is 3. The van der Waals surface area contributed by atoms with Gasteiger partial charge in [0.2, 0.25) is 0 Å². The van der Waals surface area contributed by atoms with E-state index in [1.54, 1.807) is 6.92 Å². The van der Waals surface area contributed by atoms with E-state index in [1.807, 2.05) is 65.6 Å². The summed E-state index contributed by atoms with van der Waals surface area (Å²) in [5.74, 6) is -1.02. The normalized spacial score (nSPS) is 14.2. The molecule has 3 aromatic rings. The summed E-state index contributed by atoms with van der Waals surface area (Å²) in [6.45, 7) is 3.44. The van der Waals surface area contributed by atoms with Crippen LogP contribution in [0.5, 0.6) is 5.75 Å². The first-order valence-corrected chi connectivity index (χ1v) is 11.2. The Bertz CT molecular complexity index is 1300. The Morgan fingerprint density at radius 2 is 1.73 bits per heavy atom. The highest BCUT2D eigenvalue weighted by Crippen LogP contribution is 2.22. The summed E-state index contributed by atoms with van der Waals surface area (Å²) in [4.78, 5) is 24.0. The second-order valence-corrected chi connectivity index (χ2v) is 8.47. The maximum absolute atomic E-state index is 11.3. The number of aliphatic carboxylic acids is 1. The number of carboxylic acid groups (broad SMARTS) is 1. The monoisotopic (exact) mass is 545 g/mol. The molecule has 37 heavy (non-hydrogen) atoms. The average molecular weight is 546 g/mol. The zero-order valence-corrected chi connectivity index (χ0v) is 21.7. The van der Waals surface area contributed by atoms with Crippen molar-refractivity contribution in [3.05, 3.63) is 71.8 Å². The molecule has 1 unspecified atom stereocenters. The number of amides is 1. The van der Waals surface area contributed by atoms with Crippen LogP contribution in [-0.2, 0) is 16.1 Å². The van der Waals surface area contributed by atoms with Crippen LogP contribution in [0.3, 0.4) is 0 Å². The van der Waals surface area contributed by atoms with Crippen molar-refractivity contribution in [2.24, 2.45) is 0 Å². The zero-order valence-electron chi connectivity index (χ0n) is 20.1. The lowest BCUT2D eigenvalue weighted by Gasteiger charge is -2.17. The first kappa shape index (κ1) is 29.4. The van der Waals surface area contributed by atoms with Gasteiger partial charge in [-0.15, -0.1) is 24.8 Å². The van der Waals surface area contributed by atoms with Crippen molar-refractivity contribution in [1.29, 1.82) is 10.8 Å². The topological polar surface area (TPSA) is 139 Å². The van der Waals surface area contributed by atoms with E-state index in [2.05, 4.69) is 10.6 Å². The number of carbonyl (C=O) groups excluding carboxylic acids is 1. The number of halogens is 2. The molecule has 0 spiro atoms. The van der Waals surface area contributed by atoms with Crippen LogP contribution in [0.2, 0.25) is 0 Å². The number of nitrogens with one attached hydrogen (secondary N) is 4. The van der Waals surface area contributed by atoms with E-state index in [9.17, 15) is 9.59 Å². The predicted octanol–water partition coefficient (Wildman–Crippen LogP) is 4.27. The fourth-order valence-electron chi connectivity index (χ4n) is 3.97. The minimum absolute atomic E-state index is 0. The molecule has 0 aromatic heterocycles. The van der Waals surface area contributed by atoms with Gasteiger partial charge in [-0.25, -0.2) is 4.79 Å². The van der Waals surface area contributed by atoms with Gasteiger partial charge in [0.1, 0.15) is 17.7 Å². The summed E-state index contributed by atoms with van der Waals surface area (Å²) in [6, 6.07) is 18.7. The van der Waals surface area contributed by atoms with Crippen molar-refractivity contribution in [3.63, 3.8) is 0 Å². The van der Waals surface area contributed by atoms with Crippen LogP contribution >= 0.6 is 24.8 Å². The fraction of sp³-hybridized carbons (Fsp3) is 0.231. The molecule has 11 heteroatoms. The number of fused-ring (bicyclic) bond motifs is 1. The minimum Gasteiger partial charge on any atom is -0.489 e. The Morgan fingerprint density at radius 1 is 1.03 bits per heavy atom. The van der Waals surface area contributed by atoms with E-state index in [0.717, 1.165) is 47.3 Å². The van der Waals surface area contributed by atoms with Gasteiger partial charge in [-0.05, 0) is 59.7 Å². The second kappa shape index (κ2) is 12.9. The van der Waals surface area contributed by atoms with E-state index >= 15 is 0 Å². The third kappa shape index (κ3) is 7.58. The number of likely N-dealkylation sites (tertiary alicyclic amines) is 1. The standard InChI is InChI=1S/C26H27N5O4.2ClH/c1-16(27)31-11-10-23(15-31)35-22-8-6-21(7-9-22)30-24(28)19-5-4-18-3-2-17(12-20(18)13-19)14-29-25(32)26(33)34;;/h2-9,12-13,23,27H,10-11,14-15H2,1H3,(H2,28,30)(H,29,32)(H,33,34);2*1H. The van der Waals surface area contributed by atoms with Crippen LogP contribution in [0.1, 0.15) is 24.5 Å². The summed E-state index contributed by atoms with van der Waals surface area (Å²) >= 11 is 0. The number of carboxylic acids is 1. The van der Waals surface area contributed by atoms with Crippen molar-refractivity contribution < 1.29 is 19.4 Å². The first-order valence-electron chi connectivity index (χ1n) is 11.2.